The summed E-state index contributed by atoms with van der Waals surface area (Å²) in [6.07, 6.45) is 0.954. The quantitative estimate of drug-likeness (QED) is 0.821. The summed E-state index contributed by atoms with van der Waals surface area (Å²) in [4.78, 5) is 17.4. The summed E-state index contributed by atoms with van der Waals surface area (Å²) in [5.74, 6) is 1.12. The zero-order valence-corrected chi connectivity index (χ0v) is 15.8. The van der Waals surface area contributed by atoms with E-state index in [2.05, 4.69) is 17.0 Å². The van der Waals surface area contributed by atoms with E-state index in [0.717, 1.165) is 31.7 Å². The van der Waals surface area contributed by atoms with E-state index in [-0.39, 0.29) is 11.4 Å². The molecule has 2 aliphatic heterocycles. The second-order valence-electron chi connectivity index (χ2n) is 7.11. The molecule has 2 aromatic rings. The first kappa shape index (κ1) is 18.0. The summed E-state index contributed by atoms with van der Waals surface area (Å²) in [7, 11) is 1.61. The Labute approximate surface area is 158 Å². The summed E-state index contributed by atoms with van der Waals surface area (Å²) in [5, 5.41) is 4.03. The van der Waals surface area contributed by atoms with Crippen molar-refractivity contribution in [2.24, 2.45) is 0 Å². The van der Waals surface area contributed by atoms with Crippen LogP contribution >= 0.6 is 0 Å². The normalized spacial score (nSPS) is 23.1. The highest BCUT2D eigenvalue weighted by atomic mass is 16.5. The van der Waals surface area contributed by atoms with Crippen molar-refractivity contribution in [1.82, 2.24) is 15.0 Å². The van der Waals surface area contributed by atoms with Gasteiger partial charge < -0.3 is 18.9 Å². The standard InChI is InChI=1S/C20H25N3O4/c1-3-23-10-9-22(13-20(23)8-11-26-14-20)19(24)16-12-18(27-21-16)15-6-4-5-7-17(15)25-2/h4-7,12H,3,8-11,13-14H2,1-2H3. The van der Waals surface area contributed by atoms with E-state index in [0.29, 0.717) is 36.9 Å². The number of methoxy groups -OCH3 is 1. The van der Waals surface area contributed by atoms with Gasteiger partial charge in [0.25, 0.3) is 5.91 Å². The molecule has 7 heteroatoms. The average molecular weight is 371 g/mol. The molecule has 7 nitrogen and oxygen atoms in total. The van der Waals surface area contributed by atoms with Crippen LogP contribution in [0, 0.1) is 0 Å². The van der Waals surface area contributed by atoms with Gasteiger partial charge in [0.1, 0.15) is 5.75 Å². The second kappa shape index (κ2) is 7.32. The minimum atomic E-state index is -0.0954. The van der Waals surface area contributed by atoms with E-state index in [1.54, 1.807) is 13.2 Å². The Morgan fingerprint density at radius 3 is 2.93 bits per heavy atom. The smallest absolute Gasteiger partial charge is 0.276 e. The number of para-hydroxylation sites is 1. The first-order valence-corrected chi connectivity index (χ1v) is 9.39. The van der Waals surface area contributed by atoms with Gasteiger partial charge in [-0.05, 0) is 25.1 Å². The predicted molar refractivity (Wildman–Crippen MR) is 99.8 cm³/mol. The maximum atomic E-state index is 13.0. The maximum Gasteiger partial charge on any atom is 0.276 e. The number of amides is 1. The van der Waals surface area contributed by atoms with E-state index in [9.17, 15) is 4.79 Å². The molecule has 27 heavy (non-hydrogen) atoms. The Balaban J connectivity index is 1.55. The third kappa shape index (κ3) is 3.21. The lowest BCUT2D eigenvalue weighted by Crippen LogP contribution is -2.63. The highest BCUT2D eigenvalue weighted by molar-refractivity contribution is 5.93. The highest BCUT2D eigenvalue weighted by Crippen LogP contribution is 2.32. The van der Waals surface area contributed by atoms with Gasteiger partial charge in [-0.3, -0.25) is 9.69 Å². The van der Waals surface area contributed by atoms with Crippen LogP contribution in [0.25, 0.3) is 11.3 Å². The molecule has 1 spiro atoms. The Hall–Kier alpha value is -2.38. The number of aromatic nitrogens is 1. The van der Waals surface area contributed by atoms with Crippen molar-refractivity contribution in [3.63, 3.8) is 0 Å². The third-order valence-corrected chi connectivity index (χ3v) is 5.65. The van der Waals surface area contributed by atoms with Crippen LogP contribution in [0.3, 0.4) is 0 Å². The van der Waals surface area contributed by atoms with Crippen LogP contribution in [0.4, 0.5) is 0 Å². The minimum Gasteiger partial charge on any atom is -0.496 e. The summed E-state index contributed by atoms with van der Waals surface area (Å²) >= 11 is 0. The second-order valence-corrected chi connectivity index (χ2v) is 7.11. The minimum absolute atomic E-state index is 0.0716. The molecule has 1 unspecified atom stereocenters. The SMILES string of the molecule is CCN1CCN(C(=O)c2cc(-c3ccccc3OC)on2)CC12CCOC2. The van der Waals surface area contributed by atoms with Crippen molar-refractivity contribution in [2.45, 2.75) is 18.9 Å². The topological polar surface area (TPSA) is 68.0 Å². The average Bonchev–Trinajstić information content (AvgIpc) is 3.38. The predicted octanol–water partition coefficient (Wildman–Crippen LogP) is 2.29. The van der Waals surface area contributed by atoms with Crippen molar-refractivity contribution in [3.8, 4) is 17.1 Å². The molecule has 1 aromatic heterocycles. The number of likely N-dealkylation sites (N-methyl/N-ethyl adjacent to an activating group) is 1. The molecular weight excluding hydrogens is 346 g/mol. The zero-order chi connectivity index (χ0) is 18.9. The lowest BCUT2D eigenvalue weighted by atomic mass is 9.92. The van der Waals surface area contributed by atoms with Crippen LogP contribution in [0.15, 0.2) is 34.9 Å². The van der Waals surface area contributed by atoms with Gasteiger partial charge in [0.05, 0.1) is 24.8 Å². The monoisotopic (exact) mass is 371 g/mol. The molecule has 4 rings (SSSR count). The van der Waals surface area contributed by atoms with Crippen molar-refractivity contribution < 1.29 is 18.8 Å². The van der Waals surface area contributed by atoms with Gasteiger partial charge in [-0.2, -0.15) is 0 Å². The summed E-state index contributed by atoms with van der Waals surface area (Å²) < 4.78 is 16.5. The van der Waals surface area contributed by atoms with Crippen molar-refractivity contribution >= 4 is 5.91 Å². The molecule has 3 heterocycles. The Morgan fingerprint density at radius 2 is 2.19 bits per heavy atom. The molecule has 1 aromatic carbocycles. The van der Waals surface area contributed by atoms with Crippen molar-refractivity contribution in [3.05, 3.63) is 36.0 Å². The number of benzene rings is 1. The lowest BCUT2D eigenvalue weighted by molar-refractivity contribution is -0.00261. The molecule has 0 N–H and O–H groups in total. The molecule has 2 aliphatic rings. The van der Waals surface area contributed by atoms with E-state index < -0.39 is 0 Å². The molecule has 2 fully saturated rings. The molecular formula is C20H25N3O4. The van der Waals surface area contributed by atoms with Crippen LogP contribution in [-0.2, 0) is 4.74 Å². The van der Waals surface area contributed by atoms with Gasteiger partial charge in [-0.1, -0.05) is 24.2 Å². The molecule has 0 aliphatic carbocycles. The van der Waals surface area contributed by atoms with Crippen LogP contribution in [-0.4, -0.2) is 72.9 Å². The number of ether oxygens (including phenoxy) is 2. The van der Waals surface area contributed by atoms with E-state index in [4.69, 9.17) is 14.0 Å². The molecule has 0 saturated carbocycles. The fourth-order valence-electron chi connectivity index (χ4n) is 4.16. The van der Waals surface area contributed by atoms with Crippen LogP contribution < -0.4 is 4.74 Å². The van der Waals surface area contributed by atoms with Gasteiger partial charge in [-0.15, -0.1) is 0 Å². The lowest BCUT2D eigenvalue weighted by Gasteiger charge is -2.47. The summed E-state index contributed by atoms with van der Waals surface area (Å²) in [6.45, 7) is 6.75. The third-order valence-electron chi connectivity index (χ3n) is 5.65. The number of carbonyl (C=O) groups excluding carboxylic acids is 1. The fourth-order valence-corrected chi connectivity index (χ4v) is 4.16. The molecule has 1 atom stereocenters. The Bertz CT molecular complexity index is 813. The summed E-state index contributed by atoms with van der Waals surface area (Å²) in [6, 6.07) is 9.23. The van der Waals surface area contributed by atoms with Crippen LogP contribution in [0.5, 0.6) is 5.75 Å². The molecule has 1 amide bonds. The number of rotatable bonds is 4. The number of carbonyl (C=O) groups is 1. The van der Waals surface area contributed by atoms with Gasteiger partial charge in [0, 0.05) is 32.3 Å². The Kier molecular flexibility index (Phi) is 4.88. The van der Waals surface area contributed by atoms with Crippen molar-refractivity contribution in [2.75, 3.05) is 46.5 Å². The molecule has 0 bridgehead atoms. The first-order chi connectivity index (χ1) is 13.2. The number of piperazine rings is 1. The largest absolute Gasteiger partial charge is 0.496 e. The number of hydrogen-bond acceptors (Lipinski definition) is 6. The first-order valence-electron chi connectivity index (χ1n) is 9.39. The molecule has 0 radical (unpaired) electrons. The van der Waals surface area contributed by atoms with Crippen LogP contribution in [0.1, 0.15) is 23.8 Å². The van der Waals surface area contributed by atoms with Crippen LogP contribution in [0.2, 0.25) is 0 Å². The van der Waals surface area contributed by atoms with E-state index in [1.165, 1.54) is 0 Å². The zero-order valence-electron chi connectivity index (χ0n) is 15.8. The van der Waals surface area contributed by atoms with E-state index >= 15 is 0 Å². The van der Waals surface area contributed by atoms with Gasteiger partial charge in [0.2, 0.25) is 0 Å². The number of nitrogens with zero attached hydrogens (tertiary/aromatic N) is 3. The highest BCUT2D eigenvalue weighted by Gasteiger charge is 2.45. The Morgan fingerprint density at radius 1 is 1.33 bits per heavy atom. The number of hydrogen-bond donors (Lipinski definition) is 0. The van der Waals surface area contributed by atoms with E-state index in [1.807, 2.05) is 29.2 Å². The molecule has 144 valence electrons. The van der Waals surface area contributed by atoms with Gasteiger partial charge in [0.15, 0.2) is 11.5 Å². The summed E-state index contributed by atoms with van der Waals surface area (Å²) in [5.41, 5.74) is 1.04. The molecule has 2 saturated heterocycles. The van der Waals surface area contributed by atoms with Gasteiger partial charge in [-0.25, -0.2) is 0 Å². The van der Waals surface area contributed by atoms with Crippen molar-refractivity contribution in [1.29, 1.82) is 0 Å². The maximum absolute atomic E-state index is 13.0. The fraction of sp³-hybridized carbons (Fsp3) is 0.500. The van der Waals surface area contributed by atoms with Gasteiger partial charge >= 0.3 is 0 Å².